The SMILES string of the molecule is Cc1cccc(Cl)c1NC1CSC(C)C1. The number of para-hydroxylation sites is 1. The van der Waals surface area contributed by atoms with Crippen LogP contribution in [0.4, 0.5) is 5.69 Å². The molecule has 1 aliphatic rings. The van der Waals surface area contributed by atoms with Gasteiger partial charge in [0.05, 0.1) is 10.7 Å². The molecule has 0 amide bonds. The first kappa shape index (κ1) is 11.2. The fourth-order valence-corrected chi connectivity index (χ4v) is 3.36. The molecule has 82 valence electrons. The molecule has 0 saturated carbocycles. The number of halogens is 1. The van der Waals surface area contributed by atoms with Crippen LogP contribution in [0.2, 0.25) is 5.02 Å². The lowest BCUT2D eigenvalue weighted by Crippen LogP contribution is -2.19. The Morgan fingerprint density at radius 3 is 2.87 bits per heavy atom. The van der Waals surface area contributed by atoms with E-state index in [1.165, 1.54) is 17.7 Å². The summed E-state index contributed by atoms with van der Waals surface area (Å²) >= 11 is 8.21. The summed E-state index contributed by atoms with van der Waals surface area (Å²) in [6.45, 7) is 4.38. The van der Waals surface area contributed by atoms with Crippen LogP contribution in [0.3, 0.4) is 0 Å². The Labute approximate surface area is 101 Å². The first-order chi connectivity index (χ1) is 7.16. The van der Waals surface area contributed by atoms with Crippen LogP contribution < -0.4 is 5.32 Å². The molecule has 2 atom stereocenters. The fourth-order valence-electron chi connectivity index (χ4n) is 1.94. The molecule has 1 nitrogen and oxygen atoms in total. The van der Waals surface area contributed by atoms with Gasteiger partial charge in [-0.3, -0.25) is 0 Å². The van der Waals surface area contributed by atoms with E-state index >= 15 is 0 Å². The predicted octanol–water partition coefficient (Wildman–Crippen LogP) is 3.95. The lowest BCUT2D eigenvalue weighted by Gasteiger charge is -2.16. The number of anilines is 1. The van der Waals surface area contributed by atoms with Crippen molar-refractivity contribution in [3.63, 3.8) is 0 Å². The molecule has 1 aliphatic heterocycles. The molecule has 1 saturated heterocycles. The summed E-state index contributed by atoms with van der Waals surface area (Å²) in [7, 11) is 0. The van der Waals surface area contributed by atoms with Crippen molar-refractivity contribution in [2.24, 2.45) is 0 Å². The lowest BCUT2D eigenvalue weighted by molar-refractivity contribution is 0.746. The number of hydrogen-bond acceptors (Lipinski definition) is 2. The number of rotatable bonds is 2. The van der Waals surface area contributed by atoms with Gasteiger partial charge in [0.15, 0.2) is 0 Å². The van der Waals surface area contributed by atoms with Gasteiger partial charge in [-0.1, -0.05) is 30.7 Å². The molecule has 0 spiro atoms. The van der Waals surface area contributed by atoms with Gasteiger partial charge >= 0.3 is 0 Å². The van der Waals surface area contributed by atoms with Crippen molar-refractivity contribution in [2.75, 3.05) is 11.1 Å². The highest BCUT2D eigenvalue weighted by atomic mass is 35.5. The van der Waals surface area contributed by atoms with E-state index in [0.29, 0.717) is 6.04 Å². The molecule has 1 heterocycles. The molecule has 3 heteroatoms. The van der Waals surface area contributed by atoms with E-state index in [1.54, 1.807) is 0 Å². The van der Waals surface area contributed by atoms with Crippen LogP contribution in [0, 0.1) is 6.92 Å². The van der Waals surface area contributed by atoms with Crippen molar-refractivity contribution in [3.05, 3.63) is 28.8 Å². The zero-order valence-corrected chi connectivity index (χ0v) is 10.7. The second-order valence-electron chi connectivity index (χ2n) is 4.15. The standard InChI is InChI=1S/C12H16ClNS/c1-8-4-3-5-11(13)12(8)14-10-6-9(2)15-7-10/h3-5,9-10,14H,6-7H2,1-2H3. The van der Waals surface area contributed by atoms with Gasteiger partial charge in [0.1, 0.15) is 0 Å². The van der Waals surface area contributed by atoms with Gasteiger partial charge < -0.3 is 5.32 Å². The van der Waals surface area contributed by atoms with E-state index in [4.69, 9.17) is 11.6 Å². The maximum absolute atomic E-state index is 6.18. The number of aryl methyl sites for hydroxylation is 1. The van der Waals surface area contributed by atoms with Crippen LogP contribution in [-0.4, -0.2) is 17.0 Å². The maximum Gasteiger partial charge on any atom is 0.0640 e. The summed E-state index contributed by atoms with van der Waals surface area (Å²) in [4.78, 5) is 0. The summed E-state index contributed by atoms with van der Waals surface area (Å²) in [6, 6.07) is 6.61. The van der Waals surface area contributed by atoms with Crippen molar-refractivity contribution in [1.29, 1.82) is 0 Å². The van der Waals surface area contributed by atoms with Crippen LogP contribution >= 0.6 is 23.4 Å². The highest BCUT2D eigenvalue weighted by Gasteiger charge is 2.22. The van der Waals surface area contributed by atoms with E-state index in [1.807, 2.05) is 23.9 Å². The minimum atomic E-state index is 0.573. The number of hydrogen-bond donors (Lipinski definition) is 1. The molecule has 2 unspecified atom stereocenters. The third kappa shape index (κ3) is 2.61. The summed E-state index contributed by atoms with van der Waals surface area (Å²) in [5.74, 6) is 1.19. The van der Waals surface area contributed by atoms with Crippen LogP contribution in [0.15, 0.2) is 18.2 Å². The lowest BCUT2D eigenvalue weighted by atomic mass is 10.1. The summed E-state index contributed by atoms with van der Waals surface area (Å²) in [5, 5.41) is 5.16. The zero-order valence-electron chi connectivity index (χ0n) is 9.09. The number of thioether (sulfide) groups is 1. The second-order valence-corrected chi connectivity index (χ2v) is 6.03. The molecule has 1 aromatic carbocycles. The van der Waals surface area contributed by atoms with Gasteiger partial charge in [-0.15, -0.1) is 0 Å². The molecular formula is C12H16ClNS. The molecule has 2 rings (SSSR count). The number of benzene rings is 1. The van der Waals surface area contributed by atoms with E-state index in [9.17, 15) is 0 Å². The van der Waals surface area contributed by atoms with Crippen LogP contribution in [0.25, 0.3) is 0 Å². The smallest absolute Gasteiger partial charge is 0.0640 e. The minimum absolute atomic E-state index is 0.573. The van der Waals surface area contributed by atoms with Crippen molar-refractivity contribution < 1.29 is 0 Å². The number of nitrogens with one attached hydrogen (secondary N) is 1. The fraction of sp³-hybridized carbons (Fsp3) is 0.500. The van der Waals surface area contributed by atoms with Crippen LogP contribution in [0.1, 0.15) is 18.9 Å². The highest BCUT2D eigenvalue weighted by Crippen LogP contribution is 2.32. The highest BCUT2D eigenvalue weighted by molar-refractivity contribution is 8.00. The summed E-state index contributed by atoms with van der Waals surface area (Å²) < 4.78 is 0. The largest absolute Gasteiger partial charge is 0.380 e. The van der Waals surface area contributed by atoms with Crippen molar-refractivity contribution in [2.45, 2.75) is 31.6 Å². The quantitative estimate of drug-likeness (QED) is 0.842. The third-order valence-corrected chi connectivity index (χ3v) is 4.44. The monoisotopic (exact) mass is 241 g/mol. The Kier molecular flexibility index (Phi) is 3.47. The van der Waals surface area contributed by atoms with Crippen molar-refractivity contribution in [1.82, 2.24) is 0 Å². The predicted molar refractivity (Wildman–Crippen MR) is 70.1 cm³/mol. The van der Waals surface area contributed by atoms with E-state index < -0.39 is 0 Å². The van der Waals surface area contributed by atoms with Crippen molar-refractivity contribution >= 4 is 29.1 Å². The molecule has 0 radical (unpaired) electrons. The average Bonchev–Trinajstić information content (AvgIpc) is 2.58. The topological polar surface area (TPSA) is 12.0 Å². The van der Waals surface area contributed by atoms with Gasteiger partial charge in [0.25, 0.3) is 0 Å². The van der Waals surface area contributed by atoms with Crippen molar-refractivity contribution in [3.8, 4) is 0 Å². The molecular weight excluding hydrogens is 226 g/mol. The second kappa shape index (κ2) is 4.67. The normalized spacial score (nSPS) is 25.5. The maximum atomic E-state index is 6.18. The van der Waals surface area contributed by atoms with E-state index in [0.717, 1.165) is 16.0 Å². The Morgan fingerprint density at radius 1 is 1.47 bits per heavy atom. The van der Waals surface area contributed by atoms with Crippen LogP contribution in [0.5, 0.6) is 0 Å². The minimum Gasteiger partial charge on any atom is -0.380 e. The van der Waals surface area contributed by atoms with E-state index in [-0.39, 0.29) is 0 Å². The third-order valence-electron chi connectivity index (χ3n) is 2.77. The van der Waals surface area contributed by atoms with Gasteiger partial charge in [0.2, 0.25) is 0 Å². The van der Waals surface area contributed by atoms with Crippen LogP contribution in [-0.2, 0) is 0 Å². The molecule has 1 fully saturated rings. The Hall–Kier alpha value is -0.340. The van der Waals surface area contributed by atoms with Gasteiger partial charge in [-0.25, -0.2) is 0 Å². The molecule has 0 bridgehead atoms. The molecule has 1 N–H and O–H groups in total. The van der Waals surface area contributed by atoms with Gasteiger partial charge in [-0.2, -0.15) is 11.8 Å². The first-order valence-electron chi connectivity index (χ1n) is 5.30. The first-order valence-corrected chi connectivity index (χ1v) is 6.72. The zero-order chi connectivity index (χ0) is 10.8. The average molecular weight is 242 g/mol. The molecule has 1 aromatic rings. The summed E-state index contributed by atoms with van der Waals surface area (Å²) in [5.41, 5.74) is 2.34. The molecule has 0 aliphatic carbocycles. The van der Waals surface area contributed by atoms with Gasteiger partial charge in [-0.05, 0) is 25.0 Å². The Bertz CT molecular complexity index is 333. The molecule has 0 aromatic heterocycles. The Balaban J connectivity index is 2.10. The van der Waals surface area contributed by atoms with Gasteiger partial charge in [0, 0.05) is 17.0 Å². The summed E-state index contributed by atoms with van der Waals surface area (Å²) in [6.07, 6.45) is 1.23. The molecule has 15 heavy (non-hydrogen) atoms. The van der Waals surface area contributed by atoms with E-state index in [2.05, 4.69) is 25.2 Å². The Morgan fingerprint density at radius 2 is 2.27 bits per heavy atom.